The molecule has 0 aromatic heterocycles. The Kier molecular flexibility index (Phi) is 14.0. The van der Waals surface area contributed by atoms with E-state index in [-0.39, 0.29) is 6.61 Å². The van der Waals surface area contributed by atoms with Gasteiger partial charge < -0.3 is 94.9 Å². The average Bonchev–Trinajstić information content (AvgIpc) is 3.05. The first-order valence-electron chi connectivity index (χ1n) is 15.8. The molecule has 0 saturated carbocycles. The third-order valence-electron chi connectivity index (χ3n) is 8.88. The monoisotopic (exact) mass is 716 g/mol. The summed E-state index contributed by atoms with van der Waals surface area (Å²) in [5.74, 6) is -1.21. The Morgan fingerprint density at radius 2 is 1.18 bits per heavy atom. The van der Waals surface area contributed by atoms with Crippen LogP contribution in [0.2, 0.25) is 0 Å². The highest BCUT2D eigenvalue weighted by Gasteiger charge is 2.53. The number of ether oxygens (including phenoxy) is 7. The summed E-state index contributed by atoms with van der Waals surface area (Å²) >= 11 is 0. The van der Waals surface area contributed by atoms with Crippen molar-refractivity contribution in [2.45, 2.75) is 137 Å². The molecule has 4 aliphatic heterocycles. The van der Waals surface area contributed by atoms with E-state index in [0.29, 0.717) is 0 Å². The molecule has 4 heterocycles. The Morgan fingerprint density at radius 1 is 0.633 bits per heavy atom. The van der Waals surface area contributed by atoms with Gasteiger partial charge >= 0.3 is 0 Å². The Bertz CT molecular complexity index is 1090. The van der Waals surface area contributed by atoms with Crippen LogP contribution in [0.1, 0.15) is 20.8 Å². The average molecular weight is 717 g/mol. The lowest BCUT2D eigenvalue weighted by Crippen LogP contribution is -2.69. The maximum Gasteiger partial charge on any atom is 0.217 e. The number of hydrogen-bond donors (Lipinski definition) is 12. The minimum absolute atomic E-state index is 0.238. The SMILES string of the molecule is CC(=O)N[C@H]1[C@H](O[C@H]2[C@H](O)[C@@H](NC(C)=O)CO[C@@H]2CO[C@H]2O[C@@H](C)[C@@H](O)[C@@H](O)[C@@H]2O)O[C@H](CO)[C@@H](O[C@H]2O[C@H](CO)[C@@H](O)[C@H](O)[C@@H]2O)[C@@H]1O. The van der Waals surface area contributed by atoms with Gasteiger partial charge in [0.2, 0.25) is 11.8 Å². The van der Waals surface area contributed by atoms with Crippen LogP contribution in [0.5, 0.6) is 0 Å². The number of aliphatic hydroxyl groups is 10. The molecule has 0 aromatic carbocycles. The largest absolute Gasteiger partial charge is 0.394 e. The number of rotatable bonds is 11. The minimum Gasteiger partial charge on any atom is -0.394 e. The molecular weight excluding hydrogens is 668 g/mol. The van der Waals surface area contributed by atoms with Crippen molar-refractivity contribution in [3.05, 3.63) is 0 Å². The van der Waals surface area contributed by atoms with E-state index in [9.17, 15) is 60.7 Å². The van der Waals surface area contributed by atoms with E-state index in [1.807, 2.05) is 0 Å². The van der Waals surface area contributed by atoms with Gasteiger partial charge in [0.25, 0.3) is 0 Å². The smallest absolute Gasteiger partial charge is 0.217 e. The molecule has 12 N–H and O–H groups in total. The van der Waals surface area contributed by atoms with Crippen molar-refractivity contribution >= 4 is 11.8 Å². The maximum atomic E-state index is 12.2. The molecule has 0 radical (unpaired) electrons. The molecular formula is C28H48N2O19. The minimum atomic E-state index is -1.88. The lowest BCUT2D eigenvalue weighted by atomic mass is 9.94. The van der Waals surface area contributed by atoms with Crippen molar-refractivity contribution in [3.8, 4) is 0 Å². The second-order valence-electron chi connectivity index (χ2n) is 12.5. The van der Waals surface area contributed by atoms with Crippen molar-refractivity contribution in [1.82, 2.24) is 10.6 Å². The van der Waals surface area contributed by atoms with Crippen LogP contribution in [0.25, 0.3) is 0 Å². The van der Waals surface area contributed by atoms with Crippen molar-refractivity contribution in [1.29, 1.82) is 0 Å². The second kappa shape index (κ2) is 17.2. The third-order valence-corrected chi connectivity index (χ3v) is 8.88. The van der Waals surface area contributed by atoms with Crippen molar-refractivity contribution < 1.29 is 93.8 Å². The molecule has 0 unspecified atom stereocenters. The molecule has 0 aromatic rings. The zero-order chi connectivity index (χ0) is 36.3. The van der Waals surface area contributed by atoms with Gasteiger partial charge in [0.1, 0.15) is 85.4 Å². The number of nitrogens with one attached hydrogen (secondary N) is 2. The summed E-state index contributed by atoms with van der Waals surface area (Å²) in [4.78, 5) is 24.1. The number of amides is 2. The van der Waals surface area contributed by atoms with E-state index in [2.05, 4.69) is 10.6 Å². The zero-order valence-electron chi connectivity index (χ0n) is 26.9. The topological polar surface area (TPSA) is 325 Å². The quantitative estimate of drug-likeness (QED) is 0.0944. The van der Waals surface area contributed by atoms with Gasteiger partial charge in [-0.1, -0.05) is 0 Å². The highest BCUT2D eigenvalue weighted by molar-refractivity contribution is 5.73. The van der Waals surface area contributed by atoms with Crippen LogP contribution >= 0.6 is 0 Å². The standard InChI is InChI=1S/C28H48N2O19/c1-8-16(35)20(39)22(41)27(45-8)44-7-14-25(17(36)11(6-43-14)29-9(2)33)48-26-15(30-10(3)34)19(38)24(13(5-32)47-26)49-28-23(42)21(40)18(37)12(4-31)46-28/h8,11-28,31-32,35-42H,4-7H2,1-3H3,(H,29,33)(H,30,34)/t8-,11-,12+,13+,14+,15+,16+,17+,18+,19+,20+,21-,22-,23-,24+,25+,26-,27-,28+/m0/s1. The first-order chi connectivity index (χ1) is 23.1. The van der Waals surface area contributed by atoms with E-state index in [1.54, 1.807) is 0 Å². The fraction of sp³-hybridized carbons (Fsp3) is 0.929. The van der Waals surface area contributed by atoms with Gasteiger partial charge in [-0.3, -0.25) is 9.59 Å². The van der Waals surface area contributed by atoms with Crippen LogP contribution in [0.3, 0.4) is 0 Å². The maximum absolute atomic E-state index is 12.2. The summed E-state index contributed by atoms with van der Waals surface area (Å²) < 4.78 is 39.9. The van der Waals surface area contributed by atoms with Crippen LogP contribution in [0.15, 0.2) is 0 Å². The molecule has 284 valence electrons. The van der Waals surface area contributed by atoms with Crippen LogP contribution in [-0.4, -0.2) is 206 Å². The molecule has 0 bridgehead atoms. The van der Waals surface area contributed by atoms with Crippen molar-refractivity contribution in [3.63, 3.8) is 0 Å². The van der Waals surface area contributed by atoms with Crippen LogP contribution < -0.4 is 10.6 Å². The lowest BCUT2D eigenvalue weighted by molar-refractivity contribution is -0.358. The molecule has 4 rings (SSSR count). The molecule has 4 saturated heterocycles. The Hall–Kier alpha value is -1.74. The fourth-order valence-corrected chi connectivity index (χ4v) is 6.14. The van der Waals surface area contributed by atoms with E-state index in [1.165, 1.54) is 13.8 Å². The highest BCUT2D eigenvalue weighted by Crippen LogP contribution is 2.32. The predicted octanol–water partition coefficient (Wildman–Crippen LogP) is -7.75. The zero-order valence-corrected chi connectivity index (χ0v) is 26.9. The molecule has 4 aliphatic rings. The van der Waals surface area contributed by atoms with Crippen molar-refractivity contribution in [2.24, 2.45) is 0 Å². The van der Waals surface area contributed by atoms with Gasteiger partial charge in [0.05, 0.1) is 38.6 Å². The summed E-state index contributed by atoms with van der Waals surface area (Å²) in [6, 6.07) is -2.54. The lowest BCUT2D eigenvalue weighted by Gasteiger charge is -2.49. The second-order valence-corrected chi connectivity index (χ2v) is 12.5. The summed E-state index contributed by atoms with van der Waals surface area (Å²) in [5, 5.41) is 109. The van der Waals surface area contributed by atoms with Gasteiger partial charge in [-0.05, 0) is 6.92 Å². The molecule has 21 heteroatoms. The summed E-state index contributed by atoms with van der Waals surface area (Å²) in [7, 11) is 0. The Labute approximate surface area is 280 Å². The van der Waals surface area contributed by atoms with Gasteiger partial charge in [-0.15, -0.1) is 0 Å². The molecule has 21 nitrogen and oxygen atoms in total. The first kappa shape index (κ1) is 40.0. The van der Waals surface area contributed by atoms with Gasteiger partial charge in [-0.2, -0.15) is 0 Å². The summed E-state index contributed by atoms with van der Waals surface area (Å²) in [5.41, 5.74) is 0. The number of aliphatic hydroxyl groups excluding tert-OH is 10. The summed E-state index contributed by atoms with van der Waals surface area (Å²) in [6.07, 6.45) is -26.3. The molecule has 2 amide bonds. The third kappa shape index (κ3) is 9.02. The number of carbonyl (C=O) groups is 2. The normalized spacial score (nSPS) is 47.7. The molecule has 0 spiro atoms. The Balaban J connectivity index is 1.56. The van der Waals surface area contributed by atoms with E-state index >= 15 is 0 Å². The fourth-order valence-electron chi connectivity index (χ4n) is 6.14. The molecule has 19 atom stereocenters. The molecule has 4 fully saturated rings. The summed E-state index contributed by atoms with van der Waals surface area (Å²) in [6.45, 7) is 1.44. The van der Waals surface area contributed by atoms with Gasteiger partial charge in [0.15, 0.2) is 18.9 Å². The molecule has 0 aliphatic carbocycles. The molecule has 49 heavy (non-hydrogen) atoms. The van der Waals surface area contributed by atoms with E-state index < -0.39 is 148 Å². The highest BCUT2D eigenvalue weighted by atomic mass is 16.7. The number of carbonyl (C=O) groups excluding carboxylic acids is 2. The van der Waals surface area contributed by atoms with Crippen LogP contribution in [-0.2, 0) is 42.7 Å². The van der Waals surface area contributed by atoms with Crippen LogP contribution in [0.4, 0.5) is 0 Å². The van der Waals surface area contributed by atoms with Gasteiger partial charge in [-0.25, -0.2) is 0 Å². The van der Waals surface area contributed by atoms with Gasteiger partial charge in [0, 0.05) is 13.8 Å². The van der Waals surface area contributed by atoms with Crippen LogP contribution in [0, 0.1) is 0 Å². The number of hydrogen-bond acceptors (Lipinski definition) is 19. The van der Waals surface area contributed by atoms with Crippen molar-refractivity contribution in [2.75, 3.05) is 26.4 Å². The van der Waals surface area contributed by atoms with E-state index in [4.69, 9.17) is 33.2 Å². The Morgan fingerprint density at radius 3 is 1.80 bits per heavy atom. The first-order valence-corrected chi connectivity index (χ1v) is 15.8. The van der Waals surface area contributed by atoms with E-state index in [0.717, 1.165) is 6.92 Å². The predicted molar refractivity (Wildman–Crippen MR) is 155 cm³/mol.